The van der Waals surface area contributed by atoms with Crippen LogP contribution in [0.5, 0.6) is 11.5 Å². The summed E-state index contributed by atoms with van der Waals surface area (Å²) in [6.07, 6.45) is 0. The Balaban J connectivity index is 1.17. The van der Waals surface area contributed by atoms with E-state index in [0.29, 0.717) is 25.3 Å². The number of furan rings is 1. The molecule has 0 saturated carbocycles. The van der Waals surface area contributed by atoms with E-state index in [0.717, 1.165) is 53.6 Å². The maximum absolute atomic E-state index is 13.6. The van der Waals surface area contributed by atoms with Gasteiger partial charge in [-0.2, -0.15) is 0 Å². The van der Waals surface area contributed by atoms with Crippen LogP contribution in [0.3, 0.4) is 0 Å². The van der Waals surface area contributed by atoms with Crippen molar-refractivity contribution in [3.05, 3.63) is 82.7 Å². The Bertz CT molecular complexity index is 1380. The van der Waals surface area contributed by atoms with Crippen LogP contribution in [-0.4, -0.2) is 53.2 Å². The van der Waals surface area contributed by atoms with E-state index < -0.39 is 0 Å². The Morgan fingerprint density at radius 3 is 2.37 bits per heavy atom. The fourth-order valence-electron chi connectivity index (χ4n) is 4.96. The van der Waals surface area contributed by atoms with Crippen molar-refractivity contribution in [2.24, 2.45) is 0 Å². The van der Waals surface area contributed by atoms with Crippen molar-refractivity contribution >= 4 is 17.0 Å². The molecule has 2 aromatic carbocycles. The molecule has 1 amide bonds. The molecule has 6 rings (SSSR count). The van der Waals surface area contributed by atoms with Crippen LogP contribution in [0, 0.1) is 13.8 Å². The van der Waals surface area contributed by atoms with E-state index in [4.69, 9.17) is 13.9 Å². The number of hydrogen-bond acceptors (Lipinski definition) is 5. The molecule has 7 heteroatoms. The summed E-state index contributed by atoms with van der Waals surface area (Å²) in [5.74, 6) is 2.52. The SMILES string of the molecule is Cc1ccc(Cn2c(C(=O)N3CCN(Cc4ccc5c(c4)OCO5)CC3)cc3oc(C)cc32)cc1. The first kappa shape index (κ1) is 21.8. The van der Waals surface area contributed by atoms with Crippen LogP contribution < -0.4 is 9.47 Å². The van der Waals surface area contributed by atoms with Crippen molar-refractivity contribution < 1.29 is 18.7 Å². The van der Waals surface area contributed by atoms with Crippen LogP contribution in [-0.2, 0) is 13.1 Å². The average Bonchev–Trinajstić information content (AvgIpc) is 3.55. The summed E-state index contributed by atoms with van der Waals surface area (Å²) in [5.41, 5.74) is 5.99. The summed E-state index contributed by atoms with van der Waals surface area (Å²) in [7, 11) is 0. The van der Waals surface area contributed by atoms with Gasteiger partial charge in [0.05, 0.1) is 5.52 Å². The Kier molecular flexibility index (Phi) is 5.49. The summed E-state index contributed by atoms with van der Waals surface area (Å²) in [6, 6.07) is 18.5. The van der Waals surface area contributed by atoms with E-state index in [-0.39, 0.29) is 12.7 Å². The Hall–Kier alpha value is -3.71. The maximum atomic E-state index is 13.6. The molecule has 0 radical (unpaired) electrons. The molecule has 35 heavy (non-hydrogen) atoms. The predicted octanol–water partition coefficient (Wildman–Crippen LogP) is 4.59. The Morgan fingerprint density at radius 2 is 1.57 bits per heavy atom. The van der Waals surface area contributed by atoms with E-state index in [1.165, 1.54) is 11.1 Å². The number of carbonyl (C=O) groups excluding carboxylic acids is 1. The molecule has 2 aromatic heterocycles. The highest BCUT2D eigenvalue weighted by molar-refractivity contribution is 5.97. The van der Waals surface area contributed by atoms with Crippen LogP contribution in [0.2, 0.25) is 0 Å². The zero-order valence-electron chi connectivity index (χ0n) is 20.1. The van der Waals surface area contributed by atoms with Crippen molar-refractivity contribution in [2.75, 3.05) is 33.0 Å². The van der Waals surface area contributed by atoms with Crippen LogP contribution in [0.25, 0.3) is 11.1 Å². The van der Waals surface area contributed by atoms with Gasteiger partial charge in [0.1, 0.15) is 11.5 Å². The van der Waals surface area contributed by atoms with E-state index in [1.54, 1.807) is 0 Å². The van der Waals surface area contributed by atoms with Crippen molar-refractivity contribution in [3.63, 3.8) is 0 Å². The second-order valence-electron chi connectivity index (χ2n) is 9.46. The monoisotopic (exact) mass is 471 g/mol. The lowest BCUT2D eigenvalue weighted by atomic mass is 10.1. The van der Waals surface area contributed by atoms with Gasteiger partial charge in [0.2, 0.25) is 6.79 Å². The lowest BCUT2D eigenvalue weighted by Gasteiger charge is -2.35. The summed E-state index contributed by atoms with van der Waals surface area (Å²) < 4.78 is 18.9. The minimum absolute atomic E-state index is 0.0592. The Labute approximate surface area is 204 Å². The van der Waals surface area contributed by atoms with Crippen LogP contribution in [0.1, 0.15) is 32.9 Å². The van der Waals surface area contributed by atoms with Gasteiger partial charge in [0.15, 0.2) is 17.1 Å². The third kappa shape index (κ3) is 4.28. The fourth-order valence-corrected chi connectivity index (χ4v) is 4.96. The fraction of sp³-hybridized carbons (Fsp3) is 0.321. The lowest BCUT2D eigenvalue weighted by Crippen LogP contribution is -2.48. The van der Waals surface area contributed by atoms with Gasteiger partial charge in [-0.15, -0.1) is 0 Å². The molecule has 2 aliphatic heterocycles. The molecule has 180 valence electrons. The first-order chi connectivity index (χ1) is 17.0. The highest BCUT2D eigenvalue weighted by Gasteiger charge is 2.27. The van der Waals surface area contributed by atoms with E-state index in [2.05, 4.69) is 52.8 Å². The van der Waals surface area contributed by atoms with Crippen LogP contribution >= 0.6 is 0 Å². The van der Waals surface area contributed by atoms with Crippen molar-refractivity contribution in [1.82, 2.24) is 14.4 Å². The van der Waals surface area contributed by atoms with Gasteiger partial charge in [-0.05, 0) is 37.1 Å². The number of ether oxygens (including phenoxy) is 2. The number of aryl methyl sites for hydroxylation is 2. The lowest BCUT2D eigenvalue weighted by molar-refractivity contribution is 0.0619. The molecule has 7 nitrogen and oxygen atoms in total. The van der Waals surface area contributed by atoms with E-state index >= 15 is 0 Å². The minimum Gasteiger partial charge on any atom is -0.460 e. The van der Waals surface area contributed by atoms with Gasteiger partial charge >= 0.3 is 0 Å². The van der Waals surface area contributed by atoms with Gasteiger partial charge in [-0.1, -0.05) is 35.9 Å². The van der Waals surface area contributed by atoms with Gasteiger partial charge in [-0.3, -0.25) is 9.69 Å². The minimum atomic E-state index is 0.0592. The van der Waals surface area contributed by atoms with Crippen molar-refractivity contribution in [3.8, 4) is 11.5 Å². The molecule has 0 N–H and O–H groups in total. The van der Waals surface area contributed by atoms with Gasteiger partial charge in [-0.25, -0.2) is 0 Å². The molecule has 0 atom stereocenters. The molecule has 1 fully saturated rings. The number of hydrogen-bond donors (Lipinski definition) is 0. The maximum Gasteiger partial charge on any atom is 0.270 e. The topological polar surface area (TPSA) is 60.1 Å². The van der Waals surface area contributed by atoms with Gasteiger partial charge in [0, 0.05) is 51.4 Å². The zero-order valence-corrected chi connectivity index (χ0v) is 20.1. The molecule has 0 spiro atoms. The molecule has 0 aliphatic carbocycles. The Morgan fingerprint density at radius 1 is 0.829 bits per heavy atom. The number of nitrogens with zero attached hydrogens (tertiary/aromatic N) is 3. The number of amides is 1. The van der Waals surface area contributed by atoms with Gasteiger partial charge in [0.25, 0.3) is 5.91 Å². The first-order valence-electron chi connectivity index (χ1n) is 12.1. The molecule has 4 aromatic rings. The predicted molar refractivity (Wildman–Crippen MR) is 133 cm³/mol. The third-order valence-corrected chi connectivity index (χ3v) is 6.90. The molecule has 2 aliphatic rings. The third-order valence-electron chi connectivity index (χ3n) is 6.90. The zero-order chi connectivity index (χ0) is 23.9. The number of benzene rings is 2. The normalized spacial score (nSPS) is 15.8. The molecular formula is C28H29N3O4. The van der Waals surface area contributed by atoms with Crippen LogP contribution in [0.4, 0.5) is 0 Å². The highest BCUT2D eigenvalue weighted by Crippen LogP contribution is 2.33. The quantitative estimate of drug-likeness (QED) is 0.426. The number of fused-ring (bicyclic) bond motifs is 2. The van der Waals surface area contributed by atoms with Gasteiger partial charge < -0.3 is 23.4 Å². The largest absolute Gasteiger partial charge is 0.460 e. The second-order valence-corrected chi connectivity index (χ2v) is 9.46. The van der Waals surface area contributed by atoms with Crippen molar-refractivity contribution in [2.45, 2.75) is 26.9 Å². The number of aromatic nitrogens is 1. The summed E-state index contributed by atoms with van der Waals surface area (Å²) in [5, 5.41) is 0. The van der Waals surface area contributed by atoms with Crippen molar-refractivity contribution in [1.29, 1.82) is 0 Å². The number of carbonyl (C=O) groups is 1. The average molecular weight is 472 g/mol. The number of piperazine rings is 1. The summed E-state index contributed by atoms with van der Waals surface area (Å²) >= 11 is 0. The summed E-state index contributed by atoms with van der Waals surface area (Å²) in [4.78, 5) is 18.0. The number of rotatable bonds is 5. The molecule has 4 heterocycles. The second kappa shape index (κ2) is 8.82. The molecular weight excluding hydrogens is 442 g/mol. The van der Waals surface area contributed by atoms with E-state index in [1.807, 2.05) is 30.0 Å². The summed E-state index contributed by atoms with van der Waals surface area (Å²) in [6.45, 7) is 8.81. The van der Waals surface area contributed by atoms with E-state index in [9.17, 15) is 4.79 Å². The van der Waals surface area contributed by atoms with Crippen LogP contribution in [0.15, 0.2) is 59.0 Å². The molecule has 0 unspecified atom stereocenters. The first-order valence-corrected chi connectivity index (χ1v) is 12.1. The molecule has 0 bridgehead atoms. The highest BCUT2D eigenvalue weighted by atomic mass is 16.7. The molecule has 1 saturated heterocycles. The smallest absolute Gasteiger partial charge is 0.270 e. The standard InChI is InChI=1S/C28H29N3O4/c1-19-3-5-21(6-4-19)17-31-23-13-20(2)35-26(23)15-24(31)28(32)30-11-9-29(10-12-30)16-22-7-8-25-27(14-22)34-18-33-25/h3-8,13-15H,9-12,16-18H2,1-2H3.